The summed E-state index contributed by atoms with van der Waals surface area (Å²) in [7, 11) is 0. The Balaban J connectivity index is 1.96. The lowest BCUT2D eigenvalue weighted by molar-refractivity contribution is 0.0790. The zero-order chi connectivity index (χ0) is 20.1. The number of rotatable bonds is 2. The molecule has 4 rings (SSSR count). The summed E-state index contributed by atoms with van der Waals surface area (Å²) in [6.07, 6.45) is 2.95. The Morgan fingerprint density at radius 3 is 2.29 bits per heavy atom. The van der Waals surface area contributed by atoms with Crippen LogP contribution in [0.1, 0.15) is 65.1 Å². The van der Waals surface area contributed by atoms with Crippen LogP contribution in [0.25, 0.3) is 5.69 Å². The molecule has 5 heteroatoms. The molecule has 1 aromatic carbocycles. The maximum absolute atomic E-state index is 13.4. The van der Waals surface area contributed by atoms with Crippen molar-refractivity contribution < 1.29 is 9.59 Å². The fraction of sp³-hybridized carbons (Fsp3) is 0.435. The average molecular weight is 378 g/mol. The van der Waals surface area contributed by atoms with E-state index < -0.39 is 0 Å². The van der Waals surface area contributed by atoms with E-state index in [4.69, 9.17) is 0 Å². The van der Waals surface area contributed by atoms with Crippen LogP contribution in [0.5, 0.6) is 0 Å². The standard InChI is InChI=1S/C23H26N2O3/c1-15-6-8-16(9-7-15)25-19-13-23(2,3)14-20(26)17(19)12-18(22(25)28)21(27)24-10-4-5-11-24/h6-9,12H,4-5,10-11,13-14H2,1-3H3. The highest BCUT2D eigenvalue weighted by atomic mass is 16.2. The van der Waals surface area contributed by atoms with Crippen molar-refractivity contribution in [2.24, 2.45) is 5.41 Å². The molecule has 146 valence electrons. The number of amides is 1. The molecule has 0 unspecified atom stereocenters. The first-order chi connectivity index (χ1) is 13.3. The van der Waals surface area contributed by atoms with E-state index in [0.717, 1.165) is 18.4 Å². The van der Waals surface area contributed by atoms with E-state index in [2.05, 4.69) is 0 Å². The fourth-order valence-corrected chi connectivity index (χ4v) is 4.32. The van der Waals surface area contributed by atoms with Crippen LogP contribution >= 0.6 is 0 Å². The van der Waals surface area contributed by atoms with Gasteiger partial charge in [0, 0.05) is 36.5 Å². The van der Waals surface area contributed by atoms with Crippen molar-refractivity contribution in [3.63, 3.8) is 0 Å². The Bertz CT molecular complexity index is 1010. The third kappa shape index (κ3) is 3.19. The van der Waals surface area contributed by atoms with Gasteiger partial charge >= 0.3 is 0 Å². The molecule has 2 aliphatic rings. The van der Waals surface area contributed by atoms with Crippen molar-refractivity contribution in [2.45, 2.75) is 46.5 Å². The van der Waals surface area contributed by atoms with Gasteiger partial charge in [-0.2, -0.15) is 0 Å². The summed E-state index contributed by atoms with van der Waals surface area (Å²) in [6, 6.07) is 9.21. The molecule has 1 aliphatic carbocycles. The molecule has 5 nitrogen and oxygen atoms in total. The number of nitrogens with zero attached hydrogens (tertiary/aromatic N) is 2. The number of carbonyl (C=O) groups is 2. The number of pyridine rings is 1. The van der Waals surface area contributed by atoms with Crippen molar-refractivity contribution in [3.8, 4) is 5.69 Å². The number of fused-ring (bicyclic) bond motifs is 1. The van der Waals surface area contributed by atoms with E-state index in [1.54, 1.807) is 15.5 Å². The van der Waals surface area contributed by atoms with Crippen LogP contribution in [0.4, 0.5) is 0 Å². The quantitative estimate of drug-likeness (QED) is 0.803. The van der Waals surface area contributed by atoms with Gasteiger partial charge < -0.3 is 4.90 Å². The lowest BCUT2D eigenvalue weighted by Crippen LogP contribution is -2.39. The average Bonchev–Trinajstić information content (AvgIpc) is 3.16. The van der Waals surface area contributed by atoms with Crippen LogP contribution in [0.15, 0.2) is 35.1 Å². The van der Waals surface area contributed by atoms with Crippen LogP contribution in [0, 0.1) is 12.3 Å². The molecule has 0 radical (unpaired) electrons. The second-order valence-corrected chi connectivity index (χ2v) is 8.83. The van der Waals surface area contributed by atoms with E-state index >= 15 is 0 Å². The molecular weight excluding hydrogens is 352 g/mol. The molecular formula is C23H26N2O3. The fourth-order valence-electron chi connectivity index (χ4n) is 4.32. The number of hydrogen-bond donors (Lipinski definition) is 0. The molecule has 28 heavy (non-hydrogen) atoms. The number of aryl methyl sites for hydroxylation is 1. The largest absolute Gasteiger partial charge is 0.338 e. The molecule has 0 N–H and O–H groups in total. The van der Waals surface area contributed by atoms with Crippen molar-refractivity contribution >= 4 is 11.7 Å². The molecule has 2 aromatic rings. The van der Waals surface area contributed by atoms with Gasteiger partial charge in [0.2, 0.25) is 0 Å². The van der Waals surface area contributed by atoms with Gasteiger partial charge in [-0.15, -0.1) is 0 Å². The van der Waals surface area contributed by atoms with Crippen LogP contribution in [-0.4, -0.2) is 34.2 Å². The van der Waals surface area contributed by atoms with Gasteiger partial charge in [-0.05, 0) is 49.8 Å². The third-order valence-corrected chi connectivity index (χ3v) is 5.80. The minimum absolute atomic E-state index is 0.00239. The van der Waals surface area contributed by atoms with Crippen molar-refractivity contribution in [1.82, 2.24) is 9.47 Å². The maximum Gasteiger partial charge on any atom is 0.268 e. The number of ketones is 1. The topological polar surface area (TPSA) is 59.4 Å². The third-order valence-electron chi connectivity index (χ3n) is 5.80. The molecule has 0 bridgehead atoms. The maximum atomic E-state index is 13.4. The number of hydrogen-bond acceptors (Lipinski definition) is 3. The van der Waals surface area contributed by atoms with Crippen molar-refractivity contribution in [1.29, 1.82) is 0 Å². The molecule has 1 amide bonds. The van der Waals surface area contributed by atoms with Crippen LogP contribution in [-0.2, 0) is 6.42 Å². The predicted molar refractivity (Wildman–Crippen MR) is 108 cm³/mol. The van der Waals surface area contributed by atoms with Gasteiger partial charge in [0.1, 0.15) is 5.56 Å². The van der Waals surface area contributed by atoms with Gasteiger partial charge in [-0.3, -0.25) is 19.0 Å². The highest BCUT2D eigenvalue weighted by Gasteiger charge is 2.35. The summed E-state index contributed by atoms with van der Waals surface area (Å²) in [5.41, 5.74) is 2.58. The molecule has 1 fully saturated rings. The minimum Gasteiger partial charge on any atom is -0.338 e. The Kier molecular flexibility index (Phi) is 4.48. The summed E-state index contributed by atoms with van der Waals surface area (Å²) in [4.78, 5) is 41.1. The summed E-state index contributed by atoms with van der Waals surface area (Å²) < 4.78 is 1.59. The van der Waals surface area contributed by atoms with Crippen molar-refractivity contribution in [3.05, 3.63) is 63.1 Å². The molecule has 0 saturated carbocycles. The monoisotopic (exact) mass is 378 g/mol. The smallest absolute Gasteiger partial charge is 0.268 e. The van der Waals surface area contributed by atoms with E-state index in [0.29, 0.717) is 42.9 Å². The van der Waals surface area contributed by atoms with Crippen LogP contribution < -0.4 is 5.56 Å². The Morgan fingerprint density at radius 2 is 1.64 bits per heavy atom. The van der Waals surface area contributed by atoms with E-state index in [1.807, 2.05) is 45.0 Å². The number of aromatic nitrogens is 1. The highest BCUT2D eigenvalue weighted by Crippen LogP contribution is 2.35. The Labute approximate surface area is 165 Å². The minimum atomic E-state index is -0.329. The van der Waals surface area contributed by atoms with Crippen LogP contribution in [0.2, 0.25) is 0 Å². The first-order valence-electron chi connectivity index (χ1n) is 9.95. The molecule has 1 aliphatic heterocycles. The number of carbonyl (C=O) groups excluding carboxylic acids is 2. The summed E-state index contributed by atoms with van der Waals surface area (Å²) in [5, 5.41) is 0. The highest BCUT2D eigenvalue weighted by molar-refractivity contribution is 6.02. The Hall–Kier alpha value is -2.69. The van der Waals surface area contributed by atoms with Crippen molar-refractivity contribution in [2.75, 3.05) is 13.1 Å². The first-order valence-corrected chi connectivity index (χ1v) is 9.95. The zero-order valence-electron chi connectivity index (χ0n) is 16.7. The van der Waals surface area contributed by atoms with Gasteiger partial charge in [-0.1, -0.05) is 31.5 Å². The summed E-state index contributed by atoms with van der Waals surface area (Å²) >= 11 is 0. The number of Topliss-reactive ketones (excluding diaryl/α,β-unsaturated/α-hetero) is 1. The lowest BCUT2D eigenvalue weighted by Gasteiger charge is -2.32. The van der Waals surface area contributed by atoms with Gasteiger partial charge in [-0.25, -0.2) is 0 Å². The Morgan fingerprint density at radius 1 is 1.00 bits per heavy atom. The molecule has 2 heterocycles. The van der Waals surface area contributed by atoms with E-state index in [1.165, 1.54) is 0 Å². The van der Waals surface area contributed by atoms with E-state index in [-0.39, 0.29) is 28.2 Å². The van der Waals surface area contributed by atoms with Gasteiger partial charge in [0.15, 0.2) is 5.78 Å². The lowest BCUT2D eigenvalue weighted by atomic mass is 9.75. The van der Waals surface area contributed by atoms with Gasteiger partial charge in [0.25, 0.3) is 11.5 Å². The van der Waals surface area contributed by atoms with Gasteiger partial charge in [0.05, 0.1) is 0 Å². The molecule has 0 spiro atoms. The van der Waals surface area contributed by atoms with E-state index in [9.17, 15) is 14.4 Å². The normalized spacial score (nSPS) is 18.2. The molecule has 0 atom stereocenters. The number of likely N-dealkylation sites (tertiary alicyclic amines) is 1. The van der Waals surface area contributed by atoms with Crippen LogP contribution in [0.3, 0.4) is 0 Å². The second kappa shape index (κ2) is 6.73. The summed E-state index contributed by atoms with van der Waals surface area (Å²) in [5.74, 6) is -0.258. The molecule has 1 saturated heterocycles. The number of benzene rings is 1. The summed E-state index contributed by atoms with van der Waals surface area (Å²) in [6.45, 7) is 7.41. The second-order valence-electron chi connectivity index (χ2n) is 8.83. The zero-order valence-corrected chi connectivity index (χ0v) is 16.7. The first kappa shape index (κ1) is 18.7. The molecule has 1 aromatic heterocycles. The SMILES string of the molecule is Cc1ccc(-n2c3c(cc(C(=O)N4CCCC4)c2=O)C(=O)CC(C)(C)C3)cc1. The predicted octanol–water partition coefficient (Wildman–Crippen LogP) is 3.54.